The molecule has 6 nitrogen and oxygen atoms in total. The van der Waals surface area contributed by atoms with Crippen molar-refractivity contribution in [1.29, 1.82) is 0 Å². The Bertz CT molecular complexity index is 440. The van der Waals surface area contributed by atoms with Crippen LogP contribution >= 0.6 is 24.0 Å². The lowest BCUT2D eigenvalue weighted by molar-refractivity contribution is -0.113. The maximum absolute atomic E-state index is 6.06. The van der Waals surface area contributed by atoms with Gasteiger partial charge in [-0.1, -0.05) is 27.2 Å². The zero-order valence-corrected chi connectivity index (χ0v) is 20.3. The second kappa shape index (κ2) is 12.4. The lowest BCUT2D eigenvalue weighted by Crippen LogP contribution is -2.64. The average molecular weight is 496 g/mol. The van der Waals surface area contributed by atoms with Gasteiger partial charge in [-0.2, -0.15) is 0 Å². The number of hydrogen-bond acceptors (Lipinski definition) is 4. The summed E-state index contributed by atoms with van der Waals surface area (Å²) in [4.78, 5) is 6.94. The minimum atomic E-state index is 0. The van der Waals surface area contributed by atoms with E-state index in [0.29, 0.717) is 18.2 Å². The summed E-state index contributed by atoms with van der Waals surface area (Å²) in [5.41, 5.74) is 0.148. The van der Waals surface area contributed by atoms with Gasteiger partial charge in [-0.25, -0.2) is 0 Å². The van der Waals surface area contributed by atoms with Gasteiger partial charge in [0.25, 0.3) is 0 Å². The molecule has 1 heterocycles. The first-order valence-electron chi connectivity index (χ1n) is 10.3. The van der Waals surface area contributed by atoms with Gasteiger partial charge in [0.1, 0.15) is 0 Å². The molecule has 2 rings (SSSR count). The van der Waals surface area contributed by atoms with Crippen LogP contribution in [0.15, 0.2) is 4.99 Å². The topological polar surface area (TPSA) is 58.1 Å². The summed E-state index contributed by atoms with van der Waals surface area (Å²) >= 11 is 0. The van der Waals surface area contributed by atoms with Gasteiger partial charge in [-0.3, -0.25) is 4.99 Å². The van der Waals surface area contributed by atoms with Gasteiger partial charge < -0.3 is 25.0 Å². The molecule has 160 valence electrons. The Hall–Kier alpha value is -0.120. The molecule has 1 saturated heterocycles. The van der Waals surface area contributed by atoms with E-state index < -0.39 is 0 Å². The van der Waals surface area contributed by atoms with Gasteiger partial charge in [0, 0.05) is 57.9 Å². The number of nitrogens with zero attached hydrogens (tertiary/aromatic N) is 2. The zero-order valence-electron chi connectivity index (χ0n) is 17.9. The largest absolute Gasteiger partial charge is 0.383 e. The van der Waals surface area contributed by atoms with E-state index in [-0.39, 0.29) is 29.4 Å². The quantitative estimate of drug-likeness (QED) is 0.223. The number of halogens is 1. The number of guanidine groups is 1. The third-order valence-electron chi connectivity index (χ3n) is 6.07. The van der Waals surface area contributed by atoms with Gasteiger partial charge in [0.05, 0.1) is 12.7 Å². The standard InChI is InChI=1S/C20H40N4O2.HI/c1-6-7-13-26-18-15-17(20(18,2)3)23-19(21-4)22-16-8-10-24(11-9-16)12-14-25-5;/h16-18H,6-15H2,1-5H3,(H2,21,22,23);1H. The van der Waals surface area contributed by atoms with Gasteiger partial charge in [0.2, 0.25) is 0 Å². The number of rotatable bonds is 9. The number of aliphatic imine (C=N–C) groups is 1. The Morgan fingerprint density at radius 2 is 1.89 bits per heavy atom. The normalized spacial score (nSPS) is 26.2. The minimum Gasteiger partial charge on any atom is -0.383 e. The summed E-state index contributed by atoms with van der Waals surface area (Å²) in [7, 11) is 3.63. The molecule has 2 fully saturated rings. The molecule has 0 aromatic carbocycles. The summed E-state index contributed by atoms with van der Waals surface area (Å²) < 4.78 is 11.2. The third kappa shape index (κ3) is 7.33. The van der Waals surface area contributed by atoms with Crippen molar-refractivity contribution < 1.29 is 9.47 Å². The first kappa shape index (κ1) is 24.9. The highest BCUT2D eigenvalue weighted by Gasteiger charge is 2.49. The molecule has 0 aromatic heterocycles. The SMILES string of the molecule is CCCCOC1CC(NC(=NC)NC2CCN(CCOC)CC2)C1(C)C.I. The molecule has 7 heteroatoms. The number of hydrogen-bond donors (Lipinski definition) is 2. The molecule has 2 atom stereocenters. The van der Waals surface area contributed by atoms with E-state index in [9.17, 15) is 0 Å². The van der Waals surface area contributed by atoms with Crippen LogP contribution < -0.4 is 10.6 Å². The summed E-state index contributed by atoms with van der Waals surface area (Å²) in [5, 5.41) is 7.26. The van der Waals surface area contributed by atoms with Crippen LogP contribution in [0.1, 0.15) is 52.9 Å². The summed E-state index contributed by atoms with van der Waals surface area (Å²) in [5.74, 6) is 0.936. The molecule has 0 bridgehead atoms. The smallest absolute Gasteiger partial charge is 0.191 e. The van der Waals surface area contributed by atoms with Crippen molar-refractivity contribution in [3.63, 3.8) is 0 Å². The second-order valence-corrected chi connectivity index (χ2v) is 8.29. The lowest BCUT2D eigenvalue weighted by atomic mass is 9.64. The van der Waals surface area contributed by atoms with Gasteiger partial charge >= 0.3 is 0 Å². The number of methoxy groups -OCH3 is 1. The molecule has 2 aliphatic rings. The van der Waals surface area contributed by atoms with Crippen molar-refractivity contribution in [2.75, 3.05) is 47.0 Å². The molecule has 27 heavy (non-hydrogen) atoms. The second-order valence-electron chi connectivity index (χ2n) is 8.29. The molecular formula is C20H41IN4O2. The van der Waals surface area contributed by atoms with E-state index >= 15 is 0 Å². The van der Waals surface area contributed by atoms with Crippen LogP contribution in [0.5, 0.6) is 0 Å². The van der Waals surface area contributed by atoms with Gasteiger partial charge in [-0.15, -0.1) is 24.0 Å². The average Bonchev–Trinajstić information content (AvgIpc) is 2.65. The van der Waals surface area contributed by atoms with Crippen LogP contribution in [0.4, 0.5) is 0 Å². The van der Waals surface area contributed by atoms with E-state index in [1.807, 2.05) is 7.05 Å². The fraction of sp³-hybridized carbons (Fsp3) is 0.950. The minimum absolute atomic E-state index is 0. The van der Waals surface area contributed by atoms with Crippen molar-refractivity contribution >= 4 is 29.9 Å². The van der Waals surface area contributed by atoms with Crippen LogP contribution in [-0.2, 0) is 9.47 Å². The molecule has 1 aliphatic carbocycles. The molecular weight excluding hydrogens is 455 g/mol. The maximum Gasteiger partial charge on any atom is 0.191 e. The molecule has 0 amide bonds. The van der Waals surface area contributed by atoms with Crippen LogP contribution in [0.25, 0.3) is 0 Å². The maximum atomic E-state index is 6.06. The lowest BCUT2D eigenvalue weighted by Gasteiger charge is -2.52. The molecule has 1 saturated carbocycles. The molecule has 2 unspecified atom stereocenters. The van der Waals surface area contributed by atoms with Crippen molar-refractivity contribution in [2.45, 2.75) is 71.1 Å². The highest BCUT2D eigenvalue weighted by Crippen LogP contribution is 2.42. The molecule has 0 spiro atoms. The molecule has 0 aromatic rings. The predicted molar refractivity (Wildman–Crippen MR) is 123 cm³/mol. The first-order valence-corrected chi connectivity index (χ1v) is 10.3. The number of ether oxygens (including phenoxy) is 2. The number of likely N-dealkylation sites (tertiary alicyclic amines) is 1. The highest BCUT2D eigenvalue weighted by atomic mass is 127. The summed E-state index contributed by atoms with van der Waals surface area (Å²) in [6.07, 6.45) is 6.07. The zero-order chi connectivity index (χ0) is 19.0. The number of unbranched alkanes of at least 4 members (excludes halogenated alkanes) is 1. The van der Waals surface area contributed by atoms with Crippen LogP contribution in [0.2, 0.25) is 0 Å². The van der Waals surface area contributed by atoms with Crippen molar-refractivity contribution in [3.8, 4) is 0 Å². The molecule has 0 radical (unpaired) electrons. The van der Waals surface area contributed by atoms with E-state index in [0.717, 1.165) is 64.5 Å². The Morgan fingerprint density at radius 3 is 2.44 bits per heavy atom. The molecule has 1 aliphatic heterocycles. The summed E-state index contributed by atoms with van der Waals surface area (Å²) in [6, 6.07) is 0.918. The van der Waals surface area contributed by atoms with E-state index in [4.69, 9.17) is 9.47 Å². The fourth-order valence-electron chi connectivity index (χ4n) is 3.83. The van der Waals surface area contributed by atoms with E-state index in [2.05, 4.69) is 41.3 Å². The monoisotopic (exact) mass is 496 g/mol. The van der Waals surface area contributed by atoms with Crippen molar-refractivity contribution in [2.24, 2.45) is 10.4 Å². The van der Waals surface area contributed by atoms with Gasteiger partial charge in [0.15, 0.2) is 5.96 Å². The first-order chi connectivity index (χ1) is 12.5. The fourth-order valence-corrected chi connectivity index (χ4v) is 3.83. The van der Waals surface area contributed by atoms with Crippen LogP contribution in [-0.4, -0.2) is 76.1 Å². The van der Waals surface area contributed by atoms with Crippen molar-refractivity contribution in [3.05, 3.63) is 0 Å². The number of nitrogens with one attached hydrogen (secondary N) is 2. The van der Waals surface area contributed by atoms with Crippen molar-refractivity contribution in [1.82, 2.24) is 15.5 Å². The molecule has 2 N–H and O–H groups in total. The Kier molecular flexibility index (Phi) is 11.5. The van der Waals surface area contributed by atoms with Crippen LogP contribution in [0.3, 0.4) is 0 Å². The van der Waals surface area contributed by atoms with Crippen LogP contribution in [0, 0.1) is 5.41 Å². The highest BCUT2D eigenvalue weighted by molar-refractivity contribution is 14.0. The predicted octanol–water partition coefficient (Wildman–Crippen LogP) is 2.86. The van der Waals surface area contributed by atoms with E-state index in [1.54, 1.807) is 7.11 Å². The Balaban J connectivity index is 0.00000364. The number of piperidine rings is 1. The third-order valence-corrected chi connectivity index (χ3v) is 6.07. The van der Waals surface area contributed by atoms with E-state index in [1.165, 1.54) is 6.42 Å². The van der Waals surface area contributed by atoms with Gasteiger partial charge in [-0.05, 0) is 25.7 Å². The Labute approximate surface area is 183 Å². The summed E-state index contributed by atoms with van der Waals surface area (Å²) in [6.45, 7) is 11.8. The Morgan fingerprint density at radius 1 is 1.19 bits per heavy atom.